The van der Waals surface area contributed by atoms with Crippen molar-refractivity contribution in [3.05, 3.63) is 65.2 Å². The maximum absolute atomic E-state index is 12.1. The predicted octanol–water partition coefficient (Wildman–Crippen LogP) is 3.39. The number of nitrogens with zero attached hydrogens (tertiary/aromatic N) is 1. The van der Waals surface area contributed by atoms with Crippen molar-refractivity contribution in [2.24, 2.45) is 0 Å². The third-order valence-electron chi connectivity index (χ3n) is 4.52. The molecule has 1 fully saturated rings. The monoisotopic (exact) mass is 385 g/mol. The maximum Gasteiger partial charge on any atom is 0.315 e. The molecule has 2 aromatic rings. The van der Waals surface area contributed by atoms with E-state index in [2.05, 4.69) is 39.8 Å². The fourth-order valence-corrected chi connectivity index (χ4v) is 3.97. The summed E-state index contributed by atoms with van der Waals surface area (Å²) < 4.78 is 5.14. The molecule has 0 radical (unpaired) electrons. The first kappa shape index (κ1) is 19.6. The van der Waals surface area contributed by atoms with Crippen molar-refractivity contribution in [3.63, 3.8) is 0 Å². The van der Waals surface area contributed by atoms with Gasteiger partial charge >= 0.3 is 6.03 Å². The fraction of sp³-hybridized carbons (Fsp3) is 0.381. The van der Waals surface area contributed by atoms with Crippen LogP contribution in [0.15, 0.2) is 48.5 Å². The highest BCUT2D eigenvalue weighted by Gasteiger charge is 2.10. The molecule has 2 aromatic carbocycles. The fourth-order valence-electron chi connectivity index (χ4n) is 3.07. The van der Waals surface area contributed by atoms with Crippen LogP contribution in [0.5, 0.6) is 0 Å². The molecular formula is C21H27N3O2S. The lowest BCUT2D eigenvalue weighted by molar-refractivity contribution is 0.185. The van der Waals surface area contributed by atoms with Crippen LogP contribution in [-0.4, -0.2) is 37.7 Å². The molecule has 144 valence electrons. The second-order valence-electron chi connectivity index (χ2n) is 6.56. The summed E-state index contributed by atoms with van der Waals surface area (Å²) in [5.41, 5.74) is 4.52. The average Bonchev–Trinajstić information content (AvgIpc) is 2.72. The van der Waals surface area contributed by atoms with Gasteiger partial charge in [0.05, 0.1) is 6.61 Å². The van der Waals surface area contributed by atoms with Gasteiger partial charge in [-0.15, -0.1) is 0 Å². The largest absolute Gasteiger partial charge is 0.380 e. The molecule has 6 heteroatoms. The smallest absolute Gasteiger partial charge is 0.315 e. The number of amides is 2. The van der Waals surface area contributed by atoms with Crippen LogP contribution < -0.4 is 15.5 Å². The topological polar surface area (TPSA) is 53.6 Å². The summed E-state index contributed by atoms with van der Waals surface area (Å²) in [6, 6.07) is 16.3. The zero-order valence-corrected chi connectivity index (χ0v) is 16.6. The van der Waals surface area contributed by atoms with Crippen LogP contribution in [0.25, 0.3) is 0 Å². The quantitative estimate of drug-likeness (QED) is 0.767. The van der Waals surface area contributed by atoms with Crippen LogP contribution in [0.2, 0.25) is 0 Å². The number of thioether (sulfide) groups is 1. The highest BCUT2D eigenvalue weighted by Crippen LogP contribution is 2.19. The Hall–Kier alpha value is -2.18. The zero-order valence-electron chi connectivity index (χ0n) is 15.7. The predicted molar refractivity (Wildman–Crippen MR) is 112 cm³/mol. The summed E-state index contributed by atoms with van der Waals surface area (Å²) in [4.78, 5) is 14.5. The highest BCUT2D eigenvalue weighted by molar-refractivity contribution is 7.99. The van der Waals surface area contributed by atoms with Crippen molar-refractivity contribution in [2.75, 3.05) is 36.6 Å². The number of nitrogens with one attached hydrogen (secondary N) is 2. The van der Waals surface area contributed by atoms with Crippen molar-refractivity contribution in [1.82, 2.24) is 10.6 Å². The Kier molecular flexibility index (Phi) is 7.42. The van der Waals surface area contributed by atoms with Gasteiger partial charge in [0.15, 0.2) is 0 Å². The molecular weight excluding hydrogens is 358 g/mol. The maximum atomic E-state index is 12.1. The standard InChI is InChI=1S/C21H27N3O2S/c1-26-16-19-4-2-3-18(13-19)15-23-21(25)22-14-17-5-7-20(8-6-17)24-9-11-27-12-10-24/h2-8,13H,9-12,14-16H2,1H3,(H2,22,23,25). The molecule has 0 aromatic heterocycles. The van der Waals surface area contributed by atoms with E-state index in [1.807, 2.05) is 36.0 Å². The van der Waals surface area contributed by atoms with E-state index in [4.69, 9.17) is 4.74 Å². The van der Waals surface area contributed by atoms with Crippen LogP contribution in [0.4, 0.5) is 10.5 Å². The Balaban J connectivity index is 1.43. The van der Waals surface area contributed by atoms with E-state index in [9.17, 15) is 4.79 Å². The first-order valence-corrected chi connectivity index (χ1v) is 10.4. The average molecular weight is 386 g/mol. The molecule has 5 nitrogen and oxygen atoms in total. The van der Waals surface area contributed by atoms with Gasteiger partial charge in [-0.2, -0.15) is 11.8 Å². The molecule has 0 bridgehead atoms. The summed E-state index contributed by atoms with van der Waals surface area (Å²) in [6.45, 7) is 3.81. The van der Waals surface area contributed by atoms with Crippen LogP contribution in [0, 0.1) is 0 Å². The number of hydrogen-bond donors (Lipinski definition) is 2. The number of ether oxygens (including phenoxy) is 1. The Morgan fingerprint density at radius 1 is 1.00 bits per heavy atom. The van der Waals surface area contributed by atoms with Crippen LogP contribution in [-0.2, 0) is 24.4 Å². The van der Waals surface area contributed by atoms with Crippen molar-refractivity contribution >= 4 is 23.5 Å². The van der Waals surface area contributed by atoms with E-state index in [0.29, 0.717) is 19.7 Å². The molecule has 0 spiro atoms. The summed E-state index contributed by atoms with van der Waals surface area (Å²) in [5.74, 6) is 2.38. The number of carbonyl (C=O) groups excluding carboxylic acids is 1. The summed E-state index contributed by atoms with van der Waals surface area (Å²) in [7, 11) is 1.68. The first-order chi connectivity index (χ1) is 13.2. The Morgan fingerprint density at radius 3 is 2.37 bits per heavy atom. The Bertz CT molecular complexity index is 730. The number of hydrogen-bond acceptors (Lipinski definition) is 4. The molecule has 1 heterocycles. The van der Waals surface area contributed by atoms with Crippen LogP contribution in [0.3, 0.4) is 0 Å². The highest BCUT2D eigenvalue weighted by atomic mass is 32.2. The second-order valence-corrected chi connectivity index (χ2v) is 7.78. The van der Waals surface area contributed by atoms with E-state index in [0.717, 1.165) is 29.8 Å². The van der Waals surface area contributed by atoms with Gasteiger partial charge in [-0.3, -0.25) is 0 Å². The Labute approximate surface area is 165 Å². The minimum absolute atomic E-state index is 0.163. The summed E-state index contributed by atoms with van der Waals surface area (Å²) in [6.07, 6.45) is 0. The minimum atomic E-state index is -0.163. The van der Waals surface area contributed by atoms with Crippen molar-refractivity contribution < 1.29 is 9.53 Å². The van der Waals surface area contributed by atoms with Crippen molar-refractivity contribution in [2.45, 2.75) is 19.7 Å². The van der Waals surface area contributed by atoms with E-state index < -0.39 is 0 Å². The lowest BCUT2D eigenvalue weighted by atomic mass is 10.1. The lowest BCUT2D eigenvalue weighted by Crippen LogP contribution is -2.34. The number of methoxy groups -OCH3 is 1. The molecule has 1 saturated heterocycles. The SMILES string of the molecule is COCc1cccc(CNC(=O)NCc2ccc(N3CCSCC3)cc2)c1. The number of anilines is 1. The van der Waals surface area contributed by atoms with Gasteiger partial charge in [0, 0.05) is 50.5 Å². The Morgan fingerprint density at radius 2 is 1.67 bits per heavy atom. The number of rotatable bonds is 7. The van der Waals surface area contributed by atoms with Crippen molar-refractivity contribution in [1.29, 1.82) is 0 Å². The number of urea groups is 1. The van der Waals surface area contributed by atoms with Gasteiger partial charge in [-0.25, -0.2) is 4.79 Å². The molecule has 3 rings (SSSR count). The molecule has 2 N–H and O–H groups in total. The van der Waals surface area contributed by atoms with Crippen molar-refractivity contribution in [3.8, 4) is 0 Å². The number of benzene rings is 2. The normalized spacial score (nSPS) is 14.0. The summed E-state index contributed by atoms with van der Waals surface area (Å²) in [5, 5.41) is 5.82. The molecule has 0 saturated carbocycles. The van der Waals surface area contributed by atoms with E-state index in [1.54, 1.807) is 7.11 Å². The van der Waals surface area contributed by atoms with Crippen LogP contribution >= 0.6 is 11.8 Å². The van der Waals surface area contributed by atoms with E-state index in [1.165, 1.54) is 17.2 Å². The lowest BCUT2D eigenvalue weighted by Gasteiger charge is -2.28. The van der Waals surface area contributed by atoms with Gasteiger partial charge < -0.3 is 20.3 Å². The molecule has 1 aliphatic rings. The molecule has 2 amide bonds. The molecule has 1 aliphatic heterocycles. The van der Waals surface area contributed by atoms with Crippen LogP contribution in [0.1, 0.15) is 16.7 Å². The first-order valence-electron chi connectivity index (χ1n) is 9.24. The second kappa shape index (κ2) is 10.2. The molecule has 27 heavy (non-hydrogen) atoms. The molecule has 0 unspecified atom stereocenters. The summed E-state index contributed by atoms with van der Waals surface area (Å²) >= 11 is 2.01. The van der Waals surface area contributed by atoms with Gasteiger partial charge in [0.25, 0.3) is 0 Å². The number of carbonyl (C=O) groups is 1. The van der Waals surface area contributed by atoms with E-state index in [-0.39, 0.29) is 6.03 Å². The third kappa shape index (κ3) is 6.19. The molecule has 0 atom stereocenters. The van der Waals surface area contributed by atoms with E-state index >= 15 is 0 Å². The van der Waals surface area contributed by atoms with Gasteiger partial charge in [0.2, 0.25) is 0 Å². The van der Waals surface area contributed by atoms with Gasteiger partial charge in [-0.1, -0.05) is 36.4 Å². The third-order valence-corrected chi connectivity index (χ3v) is 5.46. The van der Waals surface area contributed by atoms with Gasteiger partial charge in [0.1, 0.15) is 0 Å². The molecule has 0 aliphatic carbocycles. The minimum Gasteiger partial charge on any atom is -0.380 e. The van der Waals surface area contributed by atoms with Gasteiger partial charge in [-0.05, 0) is 28.8 Å². The zero-order chi connectivity index (χ0) is 18.9.